The summed E-state index contributed by atoms with van der Waals surface area (Å²) < 4.78 is 5.16. The second-order valence-corrected chi connectivity index (χ2v) is 6.89. The van der Waals surface area contributed by atoms with Crippen molar-refractivity contribution in [2.45, 2.75) is 17.2 Å². The monoisotopic (exact) mass is 374 g/mol. The zero-order chi connectivity index (χ0) is 19.1. The number of ether oxygens (including phenoxy) is 1. The van der Waals surface area contributed by atoms with Crippen LogP contribution in [0.2, 0.25) is 0 Å². The number of benzene rings is 2. The van der Waals surface area contributed by atoms with Gasteiger partial charge in [0.2, 0.25) is 0 Å². The van der Waals surface area contributed by atoms with Gasteiger partial charge in [-0.25, -0.2) is 9.83 Å². The molecule has 0 aliphatic carbocycles. The van der Waals surface area contributed by atoms with Crippen LogP contribution in [0.3, 0.4) is 0 Å². The summed E-state index contributed by atoms with van der Waals surface area (Å²) >= 11 is 1.59. The molecule has 4 nitrogen and oxygen atoms in total. The fourth-order valence-electron chi connectivity index (χ4n) is 2.52. The molecule has 0 radical (unpaired) electrons. The number of aromatic nitrogens is 1. The number of carbonyl (C=O) groups excluding carboxylic acids is 1. The van der Waals surface area contributed by atoms with Gasteiger partial charge in [0.25, 0.3) is 0 Å². The molecule has 0 bridgehead atoms. The van der Waals surface area contributed by atoms with Gasteiger partial charge in [-0.2, -0.15) is 0 Å². The van der Waals surface area contributed by atoms with E-state index in [2.05, 4.69) is 9.83 Å². The van der Waals surface area contributed by atoms with Crippen LogP contribution >= 0.6 is 11.8 Å². The molecule has 3 rings (SSSR count). The summed E-state index contributed by atoms with van der Waals surface area (Å²) in [6.45, 7) is 6.98. The average molecular weight is 374 g/mol. The normalized spacial score (nSPS) is 10.2. The van der Waals surface area contributed by atoms with E-state index in [-0.39, 0.29) is 5.78 Å². The Kier molecular flexibility index (Phi) is 6.24. The van der Waals surface area contributed by atoms with E-state index in [0.29, 0.717) is 17.7 Å². The van der Waals surface area contributed by atoms with E-state index in [1.54, 1.807) is 43.3 Å². The van der Waals surface area contributed by atoms with Crippen molar-refractivity contribution < 1.29 is 9.53 Å². The van der Waals surface area contributed by atoms with Gasteiger partial charge in [-0.1, -0.05) is 36.4 Å². The minimum Gasteiger partial charge on any atom is -0.497 e. The average Bonchev–Trinajstić information content (AvgIpc) is 2.73. The molecule has 134 valence electrons. The maximum Gasteiger partial charge on any atom is 0.187 e. The first-order valence-electron chi connectivity index (χ1n) is 8.39. The third-order valence-corrected chi connectivity index (χ3v) is 5.03. The number of carbonyl (C=O) groups is 1. The van der Waals surface area contributed by atoms with Crippen molar-refractivity contribution in [2.75, 3.05) is 7.11 Å². The summed E-state index contributed by atoms with van der Waals surface area (Å²) in [5.41, 5.74) is 3.29. The lowest BCUT2D eigenvalue weighted by atomic mass is 10.0. The van der Waals surface area contributed by atoms with Crippen molar-refractivity contribution >= 4 is 23.2 Å². The molecule has 0 unspecified atom stereocenters. The number of pyridine rings is 1. The van der Waals surface area contributed by atoms with Crippen molar-refractivity contribution in [1.82, 2.24) is 4.98 Å². The minimum atomic E-state index is 0.0410. The number of thioether (sulfide) groups is 1. The molecule has 0 aliphatic heterocycles. The Morgan fingerprint density at radius 1 is 1.07 bits per heavy atom. The van der Waals surface area contributed by atoms with Crippen LogP contribution in [0.25, 0.3) is 4.85 Å². The summed E-state index contributed by atoms with van der Waals surface area (Å²) in [6, 6.07) is 18.6. The molecule has 0 aliphatic rings. The molecule has 5 heteroatoms. The summed E-state index contributed by atoms with van der Waals surface area (Å²) in [7, 11) is 1.65. The van der Waals surface area contributed by atoms with Crippen LogP contribution < -0.4 is 4.74 Å². The summed E-state index contributed by atoms with van der Waals surface area (Å²) in [5.74, 6) is 1.64. The van der Waals surface area contributed by atoms with Gasteiger partial charge >= 0.3 is 0 Å². The first-order chi connectivity index (χ1) is 13.2. The first-order valence-corrected chi connectivity index (χ1v) is 9.38. The quantitative estimate of drug-likeness (QED) is 0.317. The first kappa shape index (κ1) is 18.7. The number of Topliss-reactive ketones (excluding diaryl/α,β-unsaturated/α-hetero) is 1. The molecule has 0 amide bonds. The Morgan fingerprint density at radius 3 is 2.44 bits per heavy atom. The molecule has 1 aromatic heterocycles. The van der Waals surface area contributed by atoms with Crippen LogP contribution in [-0.2, 0) is 12.2 Å². The van der Waals surface area contributed by atoms with Crippen LogP contribution in [0.1, 0.15) is 21.5 Å². The fraction of sp³-hybridized carbons (Fsp3) is 0.136. The standard InChI is InChI=1S/C22H18N2O2S/c1-23-19-7-3-16(4-8-19)13-21(25)18-11-12-24-22(14-18)27-15-17-5-9-20(26-2)10-6-17/h3-12,14H,13,15H2,2H3. The fourth-order valence-corrected chi connectivity index (χ4v) is 3.37. The molecule has 0 spiro atoms. The molecular formula is C22H18N2O2S. The van der Waals surface area contributed by atoms with Crippen molar-refractivity contribution in [3.05, 3.63) is 95.0 Å². The van der Waals surface area contributed by atoms with Gasteiger partial charge in [0, 0.05) is 23.9 Å². The Hall–Kier alpha value is -3.10. The maximum atomic E-state index is 12.6. The molecule has 0 atom stereocenters. The minimum absolute atomic E-state index is 0.0410. The maximum absolute atomic E-state index is 12.6. The molecule has 3 aromatic rings. The van der Waals surface area contributed by atoms with E-state index in [1.807, 2.05) is 42.5 Å². The van der Waals surface area contributed by atoms with Crippen LogP contribution in [-0.4, -0.2) is 17.9 Å². The lowest BCUT2D eigenvalue weighted by molar-refractivity contribution is 0.0992. The van der Waals surface area contributed by atoms with Crippen molar-refractivity contribution in [3.8, 4) is 5.75 Å². The van der Waals surface area contributed by atoms with Gasteiger partial charge < -0.3 is 4.74 Å². The van der Waals surface area contributed by atoms with Gasteiger partial charge in [-0.05, 0) is 35.4 Å². The van der Waals surface area contributed by atoms with E-state index in [4.69, 9.17) is 11.3 Å². The molecule has 1 heterocycles. The Bertz CT molecular complexity index is 961. The highest BCUT2D eigenvalue weighted by Gasteiger charge is 2.09. The summed E-state index contributed by atoms with van der Waals surface area (Å²) in [6.07, 6.45) is 1.98. The van der Waals surface area contributed by atoms with Crippen molar-refractivity contribution in [1.29, 1.82) is 0 Å². The van der Waals surface area contributed by atoms with Gasteiger partial charge in [0.1, 0.15) is 5.75 Å². The van der Waals surface area contributed by atoms with Crippen molar-refractivity contribution in [2.24, 2.45) is 0 Å². The molecular weight excluding hydrogens is 356 g/mol. The molecule has 0 N–H and O–H groups in total. The van der Waals surface area contributed by atoms with Gasteiger partial charge in [-0.3, -0.25) is 4.79 Å². The molecule has 0 saturated heterocycles. The van der Waals surface area contributed by atoms with E-state index < -0.39 is 0 Å². The Balaban J connectivity index is 1.63. The van der Waals surface area contributed by atoms with E-state index in [0.717, 1.165) is 22.1 Å². The second kappa shape index (κ2) is 9.02. The highest BCUT2D eigenvalue weighted by molar-refractivity contribution is 7.98. The third kappa shape index (κ3) is 5.19. The topological polar surface area (TPSA) is 43.5 Å². The van der Waals surface area contributed by atoms with Crippen LogP contribution in [0, 0.1) is 6.57 Å². The number of nitrogens with zero attached hydrogens (tertiary/aromatic N) is 2. The lowest BCUT2D eigenvalue weighted by Gasteiger charge is -2.06. The van der Waals surface area contributed by atoms with Crippen LogP contribution in [0.5, 0.6) is 5.75 Å². The number of rotatable bonds is 7. The van der Waals surface area contributed by atoms with Gasteiger partial charge in [0.15, 0.2) is 11.5 Å². The molecule has 0 saturated carbocycles. The molecule has 2 aromatic carbocycles. The van der Waals surface area contributed by atoms with Crippen LogP contribution in [0.4, 0.5) is 5.69 Å². The SMILES string of the molecule is [C-]#[N+]c1ccc(CC(=O)c2ccnc(SCc3ccc(OC)cc3)c2)cc1. The van der Waals surface area contributed by atoms with Gasteiger partial charge in [0.05, 0.1) is 18.7 Å². The predicted octanol–water partition coefficient (Wildman–Crippen LogP) is 5.36. The number of hydrogen-bond donors (Lipinski definition) is 0. The largest absolute Gasteiger partial charge is 0.497 e. The van der Waals surface area contributed by atoms with Crippen molar-refractivity contribution in [3.63, 3.8) is 0 Å². The zero-order valence-electron chi connectivity index (χ0n) is 14.9. The number of hydrogen-bond acceptors (Lipinski definition) is 4. The predicted molar refractivity (Wildman–Crippen MR) is 108 cm³/mol. The van der Waals surface area contributed by atoms with Gasteiger partial charge in [-0.15, -0.1) is 11.8 Å². The van der Waals surface area contributed by atoms with E-state index in [9.17, 15) is 4.79 Å². The molecule has 27 heavy (non-hydrogen) atoms. The Morgan fingerprint density at radius 2 is 1.78 bits per heavy atom. The molecule has 0 fully saturated rings. The number of methoxy groups -OCH3 is 1. The third-order valence-electron chi connectivity index (χ3n) is 4.03. The highest BCUT2D eigenvalue weighted by Crippen LogP contribution is 2.23. The zero-order valence-corrected chi connectivity index (χ0v) is 15.7. The summed E-state index contributed by atoms with van der Waals surface area (Å²) in [4.78, 5) is 20.3. The van der Waals surface area contributed by atoms with Crippen LogP contribution in [0.15, 0.2) is 71.9 Å². The van der Waals surface area contributed by atoms with E-state index >= 15 is 0 Å². The Labute approximate surface area is 163 Å². The highest BCUT2D eigenvalue weighted by atomic mass is 32.2. The van der Waals surface area contributed by atoms with E-state index in [1.165, 1.54) is 5.56 Å². The smallest absolute Gasteiger partial charge is 0.187 e. The number of ketones is 1. The summed E-state index contributed by atoms with van der Waals surface area (Å²) in [5, 5.41) is 0.819. The lowest BCUT2D eigenvalue weighted by Crippen LogP contribution is -2.04. The second-order valence-electron chi connectivity index (χ2n) is 5.90.